The van der Waals surface area contributed by atoms with Gasteiger partial charge in [0, 0.05) is 16.1 Å². The zero-order valence-corrected chi connectivity index (χ0v) is 23.5. The molecule has 206 valence electrons. The number of carbonyl (C=O) groups excluding carboxylic acids is 4. The van der Waals surface area contributed by atoms with Crippen molar-refractivity contribution in [3.05, 3.63) is 93.5 Å². The van der Waals surface area contributed by atoms with Gasteiger partial charge in [-0.15, -0.1) is 0 Å². The van der Waals surface area contributed by atoms with Crippen molar-refractivity contribution in [2.24, 2.45) is 5.10 Å². The van der Waals surface area contributed by atoms with E-state index in [0.29, 0.717) is 15.6 Å². The van der Waals surface area contributed by atoms with E-state index in [4.69, 9.17) is 4.74 Å². The second-order valence-electron chi connectivity index (χ2n) is 9.45. The average molecular weight is 605 g/mol. The van der Waals surface area contributed by atoms with Crippen molar-refractivity contribution < 1.29 is 23.9 Å². The van der Waals surface area contributed by atoms with Gasteiger partial charge in [0.2, 0.25) is 0 Å². The monoisotopic (exact) mass is 604 g/mol. The Labute approximate surface area is 240 Å². The molecular weight excluding hydrogens is 576 g/mol. The maximum Gasteiger partial charge on any atom is 0.343 e. The summed E-state index contributed by atoms with van der Waals surface area (Å²) >= 11 is 3.36. The van der Waals surface area contributed by atoms with Gasteiger partial charge in [-0.25, -0.2) is 10.2 Å². The van der Waals surface area contributed by atoms with E-state index in [1.54, 1.807) is 60.7 Å². The molecule has 1 saturated carbocycles. The number of nitrogens with zero attached hydrogens (tertiary/aromatic N) is 1. The lowest BCUT2D eigenvalue weighted by atomic mass is 9.95. The maximum atomic E-state index is 12.8. The predicted molar refractivity (Wildman–Crippen MR) is 155 cm³/mol. The van der Waals surface area contributed by atoms with Gasteiger partial charge in [0.15, 0.2) is 0 Å². The van der Waals surface area contributed by atoms with Crippen molar-refractivity contribution in [1.29, 1.82) is 0 Å². The van der Waals surface area contributed by atoms with Crippen LogP contribution in [0.15, 0.2) is 76.3 Å². The van der Waals surface area contributed by atoms with Crippen LogP contribution in [0.3, 0.4) is 0 Å². The molecule has 0 saturated heterocycles. The molecule has 0 atom stereocenters. The Hall–Kier alpha value is -4.31. The molecule has 0 spiro atoms. The Kier molecular flexibility index (Phi) is 9.80. The number of halogens is 1. The van der Waals surface area contributed by atoms with Gasteiger partial charge in [0.05, 0.1) is 23.0 Å². The minimum atomic E-state index is -1.04. The summed E-state index contributed by atoms with van der Waals surface area (Å²) in [5.41, 5.74) is 4.36. The van der Waals surface area contributed by atoms with Crippen LogP contribution in [-0.2, 0) is 9.59 Å². The number of benzene rings is 3. The van der Waals surface area contributed by atoms with E-state index in [1.165, 1.54) is 6.21 Å². The number of ether oxygens (including phenoxy) is 1. The molecule has 0 bridgehead atoms. The fourth-order valence-corrected chi connectivity index (χ4v) is 4.71. The number of anilines is 1. The Morgan fingerprint density at radius 2 is 1.70 bits per heavy atom. The van der Waals surface area contributed by atoms with E-state index in [9.17, 15) is 19.2 Å². The predicted octanol–water partition coefficient (Wildman–Crippen LogP) is 5.13. The molecule has 10 heteroatoms. The van der Waals surface area contributed by atoms with Crippen molar-refractivity contribution in [3.8, 4) is 5.75 Å². The Morgan fingerprint density at radius 1 is 0.925 bits per heavy atom. The zero-order valence-electron chi connectivity index (χ0n) is 21.9. The summed E-state index contributed by atoms with van der Waals surface area (Å²) in [5, 5.41) is 9.35. The molecule has 4 rings (SSSR count). The second-order valence-corrected chi connectivity index (χ2v) is 10.4. The third-order valence-corrected chi connectivity index (χ3v) is 6.86. The fraction of sp³-hybridized carbons (Fsp3) is 0.233. The Balaban J connectivity index is 1.38. The Morgan fingerprint density at radius 3 is 2.48 bits per heavy atom. The zero-order chi connectivity index (χ0) is 28.5. The summed E-state index contributed by atoms with van der Waals surface area (Å²) in [4.78, 5) is 50.5. The third kappa shape index (κ3) is 7.86. The number of rotatable bonds is 7. The molecule has 1 aliphatic carbocycles. The van der Waals surface area contributed by atoms with Gasteiger partial charge in [-0.3, -0.25) is 14.4 Å². The summed E-state index contributed by atoms with van der Waals surface area (Å²) in [6.45, 7) is 1.87. The largest absolute Gasteiger partial charge is 0.422 e. The normalized spacial score (nSPS) is 13.4. The van der Waals surface area contributed by atoms with Crippen LogP contribution in [0.4, 0.5) is 5.69 Å². The van der Waals surface area contributed by atoms with Gasteiger partial charge in [0.25, 0.3) is 5.91 Å². The van der Waals surface area contributed by atoms with Crippen LogP contribution >= 0.6 is 15.9 Å². The summed E-state index contributed by atoms with van der Waals surface area (Å²) < 4.78 is 6.23. The quantitative estimate of drug-likeness (QED) is 0.113. The molecule has 3 amide bonds. The van der Waals surface area contributed by atoms with Crippen molar-refractivity contribution in [2.45, 2.75) is 45.1 Å². The van der Waals surface area contributed by atoms with E-state index in [1.807, 2.05) is 13.0 Å². The molecule has 9 nitrogen and oxygen atoms in total. The molecule has 0 radical (unpaired) electrons. The second kappa shape index (κ2) is 13.7. The molecule has 1 fully saturated rings. The van der Waals surface area contributed by atoms with E-state index < -0.39 is 17.8 Å². The molecule has 0 aliphatic heterocycles. The van der Waals surface area contributed by atoms with Gasteiger partial charge < -0.3 is 15.4 Å². The van der Waals surface area contributed by atoms with Gasteiger partial charge >= 0.3 is 17.8 Å². The molecule has 0 aromatic heterocycles. The first kappa shape index (κ1) is 28.7. The highest BCUT2D eigenvalue weighted by Gasteiger charge is 2.21. The topological polar surface area (TPSA) is 126 Å². The van der Waals surface area contributed by atoms with Crippen LogP contribution in [-0.4, -0.2) is 35.9 Å². The van der Waals surface area contributed by atoms with Gasteiger partial charge in [-0.1, -0.05) is 65.0 Å². The van der Waals surface area contributed by atoms with E-state index >= 15 is 0 Å². The highest BCUT2D eigenvalue weighted by Crippen LogP contribution is 2.23. The van der Waals surface area contributed by atoms with Crippen LogP contribution < -0.4 is 20.8 Å². The van der Waals surface area contributed by atoms with Crippen LogP contribution in [0.25, 0.3) is 0 Å². The number of para-hydroxylation sites is 1. The van der Waals surface area contributed by atoms with Crippen LogP contribution in [0.2, 0.25) is 0 Å². The van der Waals surface area contributed by atoms with Crippen molar-refractivity contribution in [3.63, 3.8) is 0 Å². The van der Waals surface area contributed by atoms with Gasteiger partial charge in [0.1, 0.15) is 5.75 Å². The fourth-order valence-electron chi connectivity index (χ4n) is 4.33. The molecular formula is C30H29BrN4O5. The maximum absolute atomic E-state index is 12.8. The SMILES string of the molecule is Cc1cccc(C(=O)Oc2ccc(Br)cc2/C=N/NC(=O)C(=O)Nc2ccccc2C(=O)NC2CCCCC2)c1. The van der Waals surface area contributed by atoms with Gasteiger partial charge in [-0.2, -0.15) is 5.10 Å². The number of carbonyl (C=O) groups is 4. The molecule has 3 aromatic carbocycles. The van der Waals surface area contributed by atoms with Crippen molar-refractivity contribution in [2.75, 3.05) is 5.32 Å². The minimum Gasteiger partial charge on any atom is -0.422 e. The summed E-state index contributed by atoms with van der Waals surface area (Å²) in [6.07, 6.45) is 6.41. The smallest absolute Gasteiger partial charge is 0.343 e. The lowest BCUT2D eigenvalue weighted by molar-refractivity contribution is -0.136. The first-order valence-corrected chi connectivity index (χ1v) is 13.7. The van der Waals surface area contributed by atoms with Crippen molar-refractivity contribution >= 4 is 51.5 Å². The molecule has 3 N–H and O–H groups in total. The van der Waals surface area contributed by atoms with Crippen LogP contribution in [0.1, 0.15) is 63.9 Å². The van der Waals surface area contributed by atoms with Crippen LogP contribution in [0.5, 0.6) is 5.75 Å². The number of hydrazone groups is 1. The third-order valence-electron chi connectivity index (χ3n) is 6.36. The van der Waals surface area contributed by atoms with E-state index in [0.717, 1.165) is 37.7 Å². The molecule has 0 unspecified atom stereocenters. The molecule has 0 heterocycles. The highest BCUT2D eigenvalue weighted by atomic mass is 79.9. The Bertz CT molecular complexity index is 1450. The summed E-state index contributed by atoms with van der Waals surface area (Å²) in [5.74, 6) is -2.66. The van der Waals surface area contributed by atoms with Crippen LogP contribution in [0, 0.1) is 6.92 Å². The number of esters is 1. The van der Waals surface area contributed by atoms with E-state index in [2.05, 4.69) is 37.1 Å². The minimum absolute atomic E-state index is 0.0987. The van der Waals surface area contributed by atoms with E-state index in [-0.39, 0.29) is 28.9 Å². The standard InChI is InChI=1S/C30H29BrN4O5/c1-19-8-7-9-20(16-19)30(39)40-26-15-14-22(31)17-21(26)18-32-35-29(38)28(37)34-25-13-6-5-12-24(25)27(36)33-23-10-3-2-4-11-23/h5-9,12-18,23H,2-4,10-11H2,1H3,(H,33,36)(H,34,37)(H,35,38)/b32-18+. The first-order chi connectivity index (χ1) is 19.3. The number of nitrogens with one attached hydrogen (secondary N) is 3. The van der Waals surface area contributed by atoms with Gasteiger partial charge in [-0.05, 0) is 62.2 Å². The lowest BCUT2D eigenvalue weighted by Gasteiger charge is -2.23. The summed E-state index contributed by atoms with van der Waals surface area (Å²) in [7, 11) is 0. The van der Waals surface area contributed by atoms with Crippen molar-refractivity contribution in [1.82, 2.24) is 10.7 Å². The number of amides is 3. The number of hydrogen-bond acceptors (Lipinski definition) is 6. The molecule has 3 aromatic rings. The number of hydrogen-bond donors (Lipinski definition) is 3. The molecule has 1 aliphatic rings. The number of aryl methyl sites for hydroxylation is 1. The average Bonchev–Trinajstić information content (AvgIpc) is 2.95. The highest BCUT2D eigenvalue weighted by molar-refractivity contribution is 9.10. The summed E-state index contributed by atoms with van der Waals surface area (Å²) in [6, 6.07) is 18.5. The molecule has 40 heavy (non-hydrogen) atoms. The first-order valence-electron chi connectivity index (χ1n) is 12.9. The lowest BCUT2D eigenvalue weighted by Crippen LogP contribution is -2.37.